The van der Waals surface area contributed by atoms with Gasteiger partial charge in [-0.1, -0.05) is 0 Å². The molecule has 0 heterocycles. The monoisotopic (exact) mass is 191 g/mol. The van der Waals surface area contributed by atoms with E-state index in [1.165, 1.54) is 0 Å². The van der Waals surface area contributed by atoms with Gasteiger partial charge in [-0.05, 0) is 19.3 Å². The first-order valence-electron chi connectivity index (χ1n) is 4.21. The second kappa shape index (κ2) is 4.10. The Bertz CT molecular complexity index is 168. The van der Waals surface area contributed by atoms with Gasteiger partial charge in [0.25, 0.3) is 0 Å². The fourth-order valence-electron chi connectivity index (χ4n) is 1.20. The predicted octanol–water partition coefficient (Wildman–Crippen LogP) is 0.646. The maximum atomic E-state index is 10.9. The number of rotatable bonds is 4. The minimum atomic E-state index is -0.623. The van der Waals surface area contributed by atoms with Crippen molar-refractivity contribution < 1.29 is 9.90 Å². The predicted molar refractivity (Wildman–Crippen MR) is 47.1 cm³/mol. The molecule has 0 atom stereocenters. The van der Waals surface area contributed by atoms with Crippen molar-refractivity contribution in [2.45, 2.75) is 31.3 Å². The maximum Gasteiger partial charge on any atom is 0.221 e. The van der Waals surface area contributed by atoms with Crippen molar-refractivity contribution in [2.75, 3.05) is 12.4 Å². The smallest absolute Gasteiger partial charge is 0.221 e. The fraction of sp³-hybridized carbons (Fsp3) is 0.875. The van der Waals surface area contributed by atoms with Gasteiger partial charge in [0.1, 0.15) is 0 Å². The Morgan fingerprint density at radius 2 is 2.25 bits per heavy atom. The standard InChI is InChI=1S/C8H14ClNO2/c9-5-2-7(11)10-6-8(12)3-1-4-8/h12H,1-6H2,(H,10,11). The Balaban J connectivity index is 2.12. The number of hydrogen-bond acceptors (Lipinski definition) is 2. The molecule has 0 aliphatic heterocycles. The van der Waals surface area contributed by atoms with Gasteiger partial charge in [-0.2, -0.15) is 0 Å². The lowest BCUT2D eigenvalue weighted by atomic mass is 9.80. The highest BCUT2D eigenvalue weighted by atomic mass is 35.5. The zero-order valence-electron chi connectivity index (χ0n) is 6.98. The number of amides is 1. The van der Waals surface area contributed by atoms with Crippen LogP contribution in [0.3, 0.4) is 0 Å². The van der Waals surface area contributed by atoms with E-state index in [0.29, 0.717) is 18.8 Å². The van der Waals surface area contributed by atoms with E-state index in [0.717, 1.165) is 19.3 Å². The molecule has 1 saturated carbocycles. The van der Waals surface area contributed by atoms with Gasteiger partial charge in [-0.15, -0.1) is 11.6 Å². The van der Waals surface area contributed by atoms with Crippen molar-refractivity contribution in [3.8, 4) is 0 Å². The van der Waals surface area contributed by atoms with Crippen LogP contribution in [0.2, 0.25) is 0 Å². The van der Waals surface area contributed by atoms with Crippen LogP contribution in [0.5, 0.6) is 0 Å². The zero-order chi connectivity index (χ0) is 9.03. The highest BCUT2D eigenvalue weighted by Crippen LogP contribution is 2.30. The summed E-state index contributed by atoms with van der Waals surface area (Å²) in [5.41, 5.74) is -0.623. The Labute approximate surface area is 77.1 Å². The molecule has 0 unspecified atom stereocenters. The second-order valence-corrected chi connectivity index (χ2v) is 3.67. The van der Waals surface area contributed by atoms with Crippen molar-refractivity contribution in [1.82, 2.24) is 5.32 Å². The Hall–Kier alpha value is -0.280. The summed E-state index contributed by atoms with van der Waals surface area (Å²) in [6, 6.07) is 0. The lowest BCUT2D eigenvalue weighted by molar-refractivity contribution is -0.123. The van der Waals surface area contributed by atoms with Gasteiger partial charge < -0.3 is 10.4 Å². The molecule has 3 nitrogen and oxygen atoms in total. The first-order chi connectivity index (χ1) is 5.66. The van der Waals surface area contributed by atoms with Gasteiger partial charge >= 0.3 is 0 Å². The Morgan fingerprint density at radius 3 is 2.67 bits per heavy atom. The van der Waals surface area contributed by atoms with Gasteiger partial charge in [0.05, 0.1) is 5.60 Å². The van der Waals surface area contributed by atoms with Gasteiger partial charge in [-0.25, -0.2) is 0 Å². The minimum absolute atomic E-state index is 0.0784. The van der Waals surface area contributed by atoms with E-state index >= 15 is 0 Å². The summed E-state index contributed by atoms with van der Waals surface area (Å²) in [7, 11) is 0. The van der Waals surface area contributed by atoms with Crippen LogP contribution in [0.4, 0.5) is 0 Å². The minimum Gasteiger partial charge on any atom is -0.388 e. The van der Waals surface area contributed by atoms with Crippen molar-refractivity contribution in [2.24, 2.45) is 0 Å². The molecule has 1 amide bonds. The molecule has 12 heavy (non-hydrogen) atoms. The third-order valence-corrected chi connectivity index (χ3v) is 2.41. The molecule has 2 N–H and O–H groups in total. The average molecular weight is 192 g/mol. The Kier molecular flexibility index (Phi) is 3.35. The van der Waals surface area contributed by atoms with Crippen molar-refractivity contribution in [3.63, 3.8) is 0 Å². The molecule has 0 aromatic carbocycles. The first-order valence-corrected chi connectivity index (χ1v) is 4.75. The van der Waals surface area contributed by atoms with E-state index in [-0.39, 0.29) is 5.91 Å². The van der Waals surface area contributed by atoms with Gasteiger partial charge in [0.2, 0.25) is 5.91 Å². The molecule has 1 fully saturated rings. The summed E-state index contributed by atoms with van der Waals surface area (Å²) < 4.78 is 0. The molecule has 0 aromatic rings. The summed E-state index contributed by atoms with van der Waals surface area (Å²) in [6.45, 7) is 0.378. The highest BCUT2D eigenvalue weighted by Gasteiger charge is 2.34. The molecule has 0 saturated heterocycles. The van der Waals surface area contributed by atoms with Crippen LogP contribution in [0.15, 0.2) is 0 Å². The largest absolute Gasteiger partial charge is 0.388 e. The molecule has 0 bridgehead atoms. The summed E-state index contributed by atoms with van der Waals surface area (Å²) in [5.74, 6) is 0.259. The van der Waals surface area contributed by atoms with E-state index in [2.05, 4.69) is 5.32 Å². The summed E-state index contributed by atoms with van der Waals surface area (Å²) in [6.07, 6.45) is 2.99. The van der Waals surface area contributed by atoms with Crippen molar-refractivity contribution in [3.05, 3.63) is 0 Å². The molecule has 0 spiro atoms. The highest BCUT2D eigenvalue weighted by molar-refractivity contribution is 6.18. The second-order valence-electron chi connectivity index (χ2n) is 3.29. The van der Waals surface area contributed by atoms with Crippen LogP contribution in [-0.2, 0) is 4.79 Å². The number of carbonyl (C=O) groups excluding carboxylic acids is 1. The molecular weight excluding hydrogens is 178 g/mol. The van der Waals surface area contributed by atoms with E-state index < -0.39 is 5.60 Å². The van der Waals surface area contributed by atoms with E-state index in [1.807, 2.05) is 0 Å². The van der Waals surface area contributed by atoms with Crippen LogP contribution in [-0.4, -0.2) is 29.0 Å². The average Bonchev–Trinajstić information content (AvgIpc) is 1.98. The lowest BCUT2D eigenvalue weighted by Crippen LogP contribution is -2.47. The summed E-state index contributed by atoms with van der Waals surface area (Å²) in [4.78, 5) is 10.9. The number of aliphatic hydroxyl groups is 1. The molecule has 1 aliphatic rings. The first kappa shape index (κ1) is 9.81. The molecule has 70 valence electrons. The maximum absolute atomic E-state index is 10.9. The normalized spacial score (nSPS) is 19.8. The van der Waals surface area contributed by atoms with Gasteiger partial charge in [0, 0.05) is 18.8 Å². The number of halogens is 1. The zero-order valence-corrected chi connectivity index (χ0v) is 7.73. The number of nitrogens with one attached hydrogen (secondary N) is 1. The molecule has 0 radical (unpaired) electrons. The van der Waals surface area contributed by atoms with E-state index in [1.54, 1.807) is 0 Å². The topological polar surface area (TPSA) is 49.3 Å². The third-order valence-electron chi connectivity index (χ3n) is 2.22. The summed E-state index contributed by atoms with van der Waals surface area (Å²) >= 11 is 5.37. The molecule has 4 heteroatoms. The lowest BCUT2D eigenvalue weighted by Gasteiger charge is -2.36. The van der Waals surface area contributed by atoms with Crippen LogP contribution in [0.25, 0.3) is 0 Å². The third kappa shape index (κ3) is 2.64. The van der Waals surface area contributed by atoms with Gasteiger partial charge in [0.15, 0.2) is 0 Å². The van der Waals surface area contributed by atoms with Crippen molar-refractivity contribution >= 4 is 17.5 Å². The molecule has 1 rings (SSSR count). The molecule has 1 aliphatic carbocycles. The van der Waals surface area contributed by atoms with Crippen LogP contribution >= 0.6 is 11.6 Å². The Morgan fingerprint density at radius 1 is 1.58 bits per heavy atom. The number of hydrogen-bond donors (Lipinski definition) is 2. The number of carbonyl (C=O) groups is 1. The van der Waals surface area contributed by atoms with E-state index in [4.69, 9.17) is 11.6 Å². The van der Waals surface area contributed by atoms with Crippen LogP contribution < -0.4 is 5.32 Å². The number of alkyl halides is 1. The van der Waals surface area contributed by atoms with Crippen LogP contribution in [0, 0.1) is 0 Å². The molecular formula is C8H14ClNO2. The van der Waals surface area contributed by atoms with E-state index in [9.17, 15) is 9.90 Å². The molecule has 0 aromatic heterocycles. The quantitative estimate of drug-likeness (QED) is 0.641. The fourth-order valence-corrected chi connectivity index (χ4v) is 1.37. The summed E-state index contributed by atoms with van der Waals surface area (Å²) in [5, 5.41) is 12.2. The van der Waals surface area contributed by atoms with Crippen molar-refractivity contribution in [1.29, 1.82) is 0 Å². The SMILES string of the molecule is O=C(CCCl)NCC1(O)CCC1. The van der Waals surface area contributed by atoms with Gasteiger partial charge in [-0.3, -0.25) is 4.79 Å². The van der Waals surface area contributed by atoms with Crippen LogP contribution in [0.1, 0.15) is 25.7 Å².